The third kappa shape index (κ3) is 1.78. The third-order valence-electron chi connectivity index (χ3n) is 4.27. The van der Waals surface area contributed by atoms with E-state index in [0.29, 0.717) is 17.7 Å². The van der Waals surface area contributed by atoms with E-state index in [2.05, 4.69) is 13.8 Å². The maximum absolute atomic E-state index is 12.3. The molecular weight excluding hydrogens is 226 g/mol. The number of hydrogen-bond acceptors (Lipinski definition) is 3. The summed E-state index contributed by atoms with van der Waals surface area (Å²) < 4.78 is 6.18. The van der Waals surface area contributed by atoms with Crippen LogP contribution in [0.15, 0.2) is 6.07 Å². The van der Waals surface area contributed by atoms with Crippen LogP contribution in [0.25, 0.3) is 0 Å². The summed E-state index contributed by atoms with van der Waals surface area (Å²) in [5.74, 6) is 0.886. The Bertz CT molecular complexity index is 502. The summed E-state index contributed by atoms with van der Waals surface area (Å²) in [6.45, 7) is 8.08. The van der Waals surface area contributed by atoms with Crippen molar-refractivity contribution in [2.45, 2.75) is 52.6 Å². The second-order valence-electron chi connectivity index (χ2n) is 5.18. The average Bonchev–Trinajstić information content (AvgIpc) is 2.37. The van der Waals surface area contributed by atoms with Crippen LogP contribution in [-0.2, 0) is 0 Å². The van der Waals surface area contributed by atoms with Crippen LogP contribution in [0.2, 0.25) is 0 Å². The molecule has 2 N–H and O–H groups in total. The SMILES string of the molecule is CCC1(CC)CC(=O)c2cc(N)c(C)c(C)c2O1. The standard InChI is InChI=1S/C15H21NO2/c1-5-15(6-2)8-13(17)11-7-12(16)9(3)10(4)14(11)18-15/h7H,5-6,8,16H2,1-4H3. The van der Waals surface area contributed by atoms with Gasteiger partial charge in [-0.25, -0.2) is 0 Å². The van der Waals surface area contributed by atoms with Crippen LogP contribution in [0.4, 0.5) is 5.69 Å². The van der Waals surface area contributed by atoms with Gasteiger partial charge < -0.3 is 10.5 Å². The maximum atomic E-state index is 12.3. The summed E-state index contributed by atoms with van der Waals surface area (Å²) in [6, 6.07) is 1.76. The fourth-order valence-electron chi connectivity index (χ4n) is 2.54. The Balaban J connectivity index is 2.60. The number of carbonyl (C=O) groups excluding carboxylic acids is 1. The minimum Gasteiger partial charge on any atom is -0.486 e. The molecule has 0 aliphatic carbocycles. The fourth-order valence-corrected chi connectivity index (χ4v) is 2.54. The van der Waals surface area contributed by atoms with E-state index >= 15 is 0 Å². The number of fused-ring (bicyclic) bond motifs is 1. The Morgan fingerprint density at radius 3 is 2.44 bits per heavy atom. The molecule has 1 aliphatic rings. The number of ketones is 1. The maximum Gasteiger partial charge on any atom is 0.170 e. The van der Waals surface area contributed by atoms with Gasteiger partial charge in [-0.1, -0.05) is 13.8 Å². The number of ether oxygens (including phenoxy) is 1. The summed E-state index contributed by atoms with van der Waals surface area (Å²) in [4.78, 5) is 12.3. The zero-order valence-electron chi connectivity index (χ0n) is 11.6. The van der Waals surface area contributed by atoms with Gasteiger partial charge in [0.15, 0.2) is 5.78 Å². The van der Waals surface area contributed by atoms with Crippen molar-refractivity contribution in [2.75, 3.05) is 5.73 Å². The molecule has 18 heavy (non-hydrogen) atoms. The first-order valence-electron chi connectivity index (χ1n) is 6.56. The highest BCUT2D eigenvalue weighted by molar-refractivity contribution is 6.02. The van der Waals surface area contributed by atoms with Gasteiger partial charge in [0.1, 0.15) is 11.4 Å². The summed E-state index contributed by atoms with van der Waals surface area (Å²) in [5.41, 5.74) is 8.91. The topological polar surface area (TPSA) is 52.3 Å². The van der Waals surface area contributed by atoms with Crippen molar-refractivity contribution >= 4 is 11.5 Å². The number of hydrogen-bond donors (Lipinski definition) is 1. The van der Waals surface area contributed by atoms with Gasteiger partial charge in [-0.15, -0.1) is 0 Å². The normalized spacial score (nSPS) is 17.2. The van der Waals surface area contributed by atoms with Gasteiger partial charge >= 0.3 is 0 Å². The molecule has 1 aromatic rings. The fraction of sp³-hybridized carbons (Fsp3) is 0.533. The molecule has 0 fully saturated rings. The van der Waals surface area contributed by atoms with Gasteiger partial charge in [-0.2, -0.15) is 0 Å². The highest BCUT2D eigenvalue weighted by atomic mass is 16.5. The van der Waals surface area contributed by atoms with E-state index in [1.807, 2.05) is 13.8 Å². The number of rotatable bonds is 2. The van der Waals surface area contributed by atoms with E-state index in [0.717, 1.165) is 29.7 Å². The lowest BCUT2D eigenvalue weighted by Gasteiger charge is -2.37. The first-order chi connectivity index (χ1) is 8.44. The molecule has 0 bridgehead atoms. The lowest BCUT2D eigenvalue weighted by atomic mass is 9.84. The van der Waals surface area contributed by atoms with Crippen LogP contribution >= 0.6 is 0 Å². The van der Waals surface area contributed by atoms with E-state index < -0.39 is 0 Å². The van der Waals surface area contributed by atoms with Crippen molar-refractivity contribution in [1.82, 2.24) is 0 Å². The minimum absolute atomic E-state index is 0.148. The molecule has 0 saturated carbocycles. The van der Waals surface area contributed by atoms with E-state index in [-0.39, 0.29) is 11.4 Å². The lowest BCUT2D eigenvalue weighted by molar-refractivity contribution is 0.0344. The number of nitrogens with two attached hydrogens (primary N) is 1. The molecule has 0 atom stereocenters. The Kier molecular flexibility index (Phi) is 3.09. The quantitative estimate of drug-likeness (QED) is 0.815. The Morgan fingerprint density at radius 1 is 1.28 bits per heavy atom. The number of carbonyl (C=O) groups is 1. The highest BCUT2D eigenvalue weighted by Crippen LogP contribution is 2.41. The molecule has 3 heteroatoms. The molecule has 0 unspecified atom stereocenters. The molecule has 2 rings (SSSR count). The number of Topliss-reactive ketones (excluding diaryl/α,β-unsaturated/α-hetero) is 1. The van der Waals surface area contributed by atoms with Crippen molar-refractivity contribution in [3.05, 3.63) is 22.8 Å². The monoisotopic (exact) mass is 247 g/mol. The Morgan fingerprint density at radius 2 is 1.89 bits per heavy atom. The largest absolute Gasteiger partial charge is 0.486 e. The molecule has 0 amide bonds. The van der Waals surface area contributed by atoms with Gasteiger partial charge in [-0.3, -0.25) is 4.79 Å². The zero-order chi connectivity index (χ0) is 13.5. The van der Waals surface area contributed by atoms with Crippen LogP contribution in [0.3, 0.4) is 0 Å². The van der Waals surface area contributed by atoms with E-state index in [4.69, 9.17) is 10.5 Å². The lowest BCUT2D eigenvalue weighted by Crippen LogP contribution is -2.41. The number of benzene rings is 1. The highest BCUT2D eigenvalue weighted by Gasteiger charge is 2.38. The summed E-state index contributed by atoms with van der Waals surface area (Å²) in [6.07, 6.45) is 2.14. The van der Waals surface area contributed by atoms with Crippen LogP contribution in [0, 0.1) is 13.8 Å². The molecule has 1 heterocycles. The smallest absolute Gasteiger partial charge is 0.170 e. The van der Waals surface area contributed by atoms with E-state index in [1.54, 1.807) is 6.07 Å². The van der Waals surface area contributed by atoms with Crippen molar-refractivity contribution < 1.29 is 9.53 Å². The molecule has 0 spiro atoms. The van der Waals surface area contributed by atoms with Crippen LogP contribution in [-0.4, -0.2) is 11.4 Å². The molecule has 0 saturated heterocycles. The first-order valence-corrected chi connectivity index (χ1v) is 6.56. The van der Waals surface area contributed by atoms with Gasteiger partial charge in [0.2, 0.25) is 0 Å². The van der Waals surface area contributed by atoms with Crippen LogP contribution in [0.5, 0.6) is 5.75 Å². The third-order valence-corrected chi connectivity index (χ3v) is 4.27. The van der Waals surface area contributed by atoms with Crippen molar-refractivity contribution in [1.29, 1.82) is 0 Å². The zero-order valence-corrected chi connectivity index (χ0v) is 11.6. The first kappa shape index (κ1) is 12.9. The van der Waals surface area contributed by atoms with Gasteiger partial charge in [-0.05, 0) is 43.9 Å². The summed E-state index contributed by atoms with van der Waals surface area (Å²) in [7, 11) is 0. The van der Waals surface area contributed by atoms with Gasteiger partial charge in [0, 0.05) is 5.69 Å². The Labute approximate surface area is 108 Å². The van der Waals surface area contributed by atoms with Crippen molar-refractivity contribution in [2.24, 2.45) is 0 Å². The van der Waals surface area contributed by atoms with Gasteiger partial charge in [0.05, 0.1) is 12.0 Å². The van der Waals surface area contributed by atoms with E-state index in [1.165, 1.54) is 0 Å². The van der Waals surface area contributed by atoms with Crippen LogP contribution < -0.4 is 10.5 Å². The molecule has 98 valence electrons. The predicted molar refractivity (Wildman–Crippen MR) is 73.2 cm³/mol. The molecule has 0 radical (unpaired) electrons. The molecule has 1 aliphatic heterocycles. The molecule has 1 aromatic carbocycles. The summed E-state index contributed by atoms with van der Waals surface area (Å²) >= 11 is 0. The predicted octanol–water partition coefficient (Wildman–Crippen LogP) is 3.41. The molecular formula is C15H21NO2. The molecule has 3 nitrogen and oxygen atoms in total. The Hall–Kier alpha value is -1.51. The van der Waals surface area contributed by atoms with Gasteiger partial charge in [0.25, 0.3) is 0 Å². The second-order valence-corrected chi connectivity index (χ2v) is 5.18. The van der Waals surface area contributed by atoms with Crippen molar-refractivity contribution in [3.63, 3.8) is 0 Å². The minimum atomic E-state index is -0.336. The number of anilines is 1. The molecule has 0 aromatic heterocycles. The van der Waals surface area contributed by atoms with Crippen LogP contribution in [0.1, 0.15) is 54.6 Å². The van der Waals surface area contributed by atoms with E-state index in [9.17, 15) is 4.79 Å². The average molecular weight is 247 g/mol. The number of nitrogen functional groups attached to an aromatic ring is 1. The second kappa shape index (κ2) is 4.30. The van der Waals surface area contributed by atoms with Crippen molar-refractivity contribution in [3.8, 4) is 5.75 Å². The summed E-state index contributed by atoms with van der Waals surface area (Å²) in [5, 5.41) is 0.